The standard InChI is InChI=1S/C10H17NO2/c1-3-5-8-6-9(10(12)13)11(4-2)7-8/h3,5,8-9H,4,6-7H2,1-2H3,(H,12,13)/b5-3-. The van der Waals surface area contributed by atoms with Crippen LogP contribution in [0, 0.1) is 5.92 Å². The first kappa shape index (κ1) is 10.3. The maximum Gasteiger partial charge on any atom is 0.320 e. The van der Waals surface area contributed by atoms with E-state index in [4.69, 9.17) is 5.11 Å². The molecule has 0 aromatic heterocycles. The Balaban J connectivity index is 2.61. The van der Waals surface area contributed by atoms with Gasteiger partial charge in [0, 0.05) is 6.54 Å². The molecule has 1 heterocycles. The maximum atomic E-state index is 10.9. The molecule has 0 spiro atoms. The van der Waals surface area contributed by atoms with E-state index in [1.54, 1.807) is 0 Å². The molecule has 0 aromatic carbocycles. The molecular weight excluding hydrogens is 166 g/mol. The van der Waals surface area contributed by atoms with Gasteiger partial charge in [-0.15, -0.1) is 0 Å². The summed E-state index contributed by atoms with van der Waals surface area (Å²) in [6, 6.07) is -0.272. The Morgan fingerprint density at radius 1 is 1.69 bits per heavy atom. The lowest BCUT2D eigenvalue weighted by Gasteiger charge is -2.17. The van der Waals surface area contributed by atoms with Crippen LogP contribution in [0.25, 0.3) is 0 Å². The number of hydrogen-bond acceptors (Lipinski definition) is 2. The lowest BCUT2D eigenvalue weighted by atomic mass is 10.1. The molecule has 0 aliphatic carbocycles. The number of carboxylic acids is 1. The Morgan fingerprint density at radius 2 is 2.38 bits per heavy atom. The summed E-state index contributed by atoms with van der Waals surface area (Å²) in [5, 5.41) is 8.94. The summed E-state index contributed by atoms with van der Waals surface area (Å²) in [6.07, 6.45) is 4.86. The molecule has 1 N–H and O–H groups in total. The maximum absolute atomic E-state index is 10.9. The first-order valence-electron chi connectivity index (χ1n) is 4.78. The first-order chi connectivity index (χ1) is 6.19. The van der Waals surface area contributed by atoms with Gasteiger partial charge in [0.2, 0.25) is 0 Å². The van der Waals surface area contributed by atoms with Crippen LogP contribution in [0.15, 0.2) is 12.2 Å². The van der Waals surface area contributed by atoms with Crippen LogP contribution in [-0.4, -0.2) is 35.1 Å². The van der Waals surface area contributed by atoms with Crippen molar-refractivity contribution in [2.45, 2.75) is 26.3 Å². The molecule has 1 saturated heterocycles. The predicted molar refractivity (Wildman–Crippen MR) is 51.6 cm³/mol. The molecule has 3 nitrogen and oxygen atoms in total. The fraction of sp³-hybridized carbons (Fsp3) is 0.700. The highest BCUT2D eigenvalue weighted by Gasteiger charge is 2.34. The second-order valence-corrected chi connectivity index (χ2v) is 3.46. The zero-order chi connectivity index (χ0) is 9.84. The summed E-state index contributed by atoms with van der Waals surface area (Å²) < 4.78 is 0. The predicted octanol–water partition coefficient (Wildman–Crippen LogP) is 1.36. The zero-order valence-corrected chi connectivity index (χ0v) is 8.23. The van der Waals surface area contributed by atoms with Gasteiger partial charge in [-0.05, 0) is 25.8 Å². The molecule has 0 bridgehead atoms. The Labute approximate surface area is 79.0 Å². The Bertz CT molecular complexity index is 213. The number of carboxylic acid groups (broad SMARTS) is 1. The van der Waals surface area contributed by atoms with E-state index in [-0.39, 0.29) is 6.04 Å². The topological polar surface area (TPSA) is 40.5 Å². The molecule has 2 atom stereocenters. The molecule has 1 aliphatic rings. The summed E-state index contributed by atoms with van der Waals surface area (Å²) >= 11 is 0. The highest BCUT2D eigenvalue weighted by molar-refractivity contribution is 5.74. The number of nitrogens with zero attached hydrogens (tertiary/aromatic N) is 1. The highest BCUT2D eigenvalue weighted by atomic mass is 16.4. The molecule has 0 aromatic rings. The number of rotatable bonds is 3. The summed E-state index contributed by atoms with van der Waals surface area (Å²) in [4.78, 5) is 12.9. The van der Waals surface area contributed by atoms with Gasteiger partial charge in [0.25, 0.3) is 0 Å². The van der Waals surface area contributed by atoms with E-state index in [9.17, 15) is 4.79 Å². The van der Waals surface area contributed by atoms with Crippen molar-refractivity contribution in [3.63, 3.8) is 0 Å². The third kappa shape index (κ3) is 2.31. The number of allylic oxidation sites excluding steroid dienone is 1. The number of hydrogen-bond donors (Lipinski definition) is 1. The van der Waals surface area contributed by atoms with Crippen molar-refractivity contribution in [2.75, 3.05) is 13.1 Å². The number of likely N-dealkylation sites (N-methyl/N-ethyl adjacent to an activating group) is 1. The van der Waals surface area contributed by atoms with Gasteiger partial charge in [0.15, 0.2) is 0 Å². The third-order valence-corrected chi connectivity index (χ3v) is 2.59. The van der Waals surface area contributed by atoms with Gasteiger partial charge >= 0.3 is 5.97 Å². The lowest BCUT2D eigenvalue weighted by Crippen LogP contribution is -2.35. The van der Waals surface area contributed by atoms with E-state index < -0.39 is 5.97 Å². The molecule has 3 heteroatoms. The van der Waals surface area contributed by atoms with Crippen LogP contribution >= 0.6 is 0 Å². The SMILES string of the molecule is C/C=C\C1CC(C(=O)O)N(CC)C1. The summed E-state index contributed by atoms with van der Waals surface area (Å²) in [5.41, 5.74) is 0. The van der Waals surface area contributed by atoms with Crippen LogP contribution < -0.4 is 0 Å². The second-order valence-electron chi connectivity index (χ2n) is 3.46. The van der Waals surface area contributed by atoms with Crippen molar-refractivity contribution >= 4 is 5.97 Å². The minimum Gasteiger partial charge on any atom is -0.480 e. The molecule has 2 unspecified atom stereocenters. The normalized spacial score (nSPS) is 30.0. The van der Waals surface area contributed by atoms with Gasteiger partial charge in [-0.2, -0.15) is 0 Å². The van der Waals surface area contributed by atoms with E-state index in [1.807, 2.05) is 24.8 Å². The van der Waals surface area contributed by atoms with Crippen molar-refractivity contribution < 1.29 is 9.90 Å². The van der Waals surface area contributed by atoms with Gasteiger partial charge in [-0.3, -0.25) is 9.69 Å². The van der Waals surface area contributed by atoms with Gasteiger partial charge in [0.05, 0.1) is 0 Å². The molecule has 1 fully saturated rings. The van der Waals surface area contributed by atoms with E-state index in [2.05, 4.69) is 6.08 Å². The largest absolute Gasteiger partial charge is 0.480 e. The van der Waals surface area contributed by atoms with Gasteiger partial charge < -0.3 is 5.11 Å². The fourth-order valence-corrected chi connectivity index (χ4v) is 1.96. The smallest absolute Gasteiger partial charge is 0.320 e. The van der Waals surface area contributed by atoms with E-state index in [1.165, 1.54) is 0 Å². The molecule has 74 valence electrons. The van der Waals surface area contributed by atoms with E-state index >= 15 is 0 Å². The number of aliphatic carboxylic acids is 1. The van der Waals surface area contributed by atoms with Crippen LogP contribution in [0.3, 0.4) is 0 Å². The summed E-state index contributed by atoms with van der Waals surface area (Å²) in [6.45, 7) is 5.70. The van der Waals surface area contributed by atoms with Crippen LogP contribution in [-0.2, 0) is 4.79 Å². The van der Waals surface area contributed by atoms with E-state index in [0.717, 1.165) is 19.5 Å². The van der Waals surface area contributed by atoms with Crippen molar-refractivity contribution in [3.8, 4) is 0 Å². The molecule has 13 heavy (non-hydrogen) atoms. The minimum absolute atomic E-state index is 0.272. The van der Waals surface area contributed by atoms with Crippen molar-refractivity contribution in [1.82, 2.24) is 4.90 Å². The summed E-state index contributed by atoms with van der Waals surface area (Å²) in [5.74, 6) is -0.264. The monoisotopic (exact) mass is 183 g/mol. The van der Waals surface area contributed by atoms with Crippen molar-refractivity contribution in [3.05, 3.63) is 12.2 Å². The number of carbonyl (C=O) groups is 1. The zero-order valence-electron chi connectivity index (χ0n) is 8.23. The first-order valence-corrected chi connectivity index (χ1v) is 4.78. The van der Waals surface area contributed by atoms with Crippen LogP contribution in [0.1, 0.15) is 20.3 Å². The quantitative estimate of drug-likeness (QED) is 0.671. The number of likely N-dealkylation sites (tertiary alicyclic amines) is 1. The molecule has 0 radical (unpaired) electrons. The van der Waals surface area contributed by atoms with Crippen LogP contribution in [0.2, 0.25) is 0 Å². The highest BCUT2D eigenvalue weighted by Crippen LogP contribution is 2.23. The Morgan fingerprint density at radius 3 is 2.77 bits per heavy atom. The Hall–Kier alpha value is -0.830. The van der Waals surface area contributed by atoms with Gasteiger partial charge in [0.1, 0.15) is 6.04 Å². The third-order valence-electron chi connectivity index (χ3n) is 2.59. The minimum atomic E-state index is -0.686. The van der Waals surface area contributed by atoms with E-state index in [0.29, 0.717) is 5.92 Å². The molecule has 0 saturated carbocycles. The summed E-state index contributed by atoms with van der Waals surface area (Å²) in [7, 11) is 0. The molecule has 0 amide bonds. The van der Waals surface area contributed by atoms with Gasteiger partial charge in [-0.1, -0.05) is 19.1 Å². The average molecular weight is 183 g/mol. The van der Waals surface area contributed by atoms with Crippen LogP contribution in [0.5, 0.6) is 0 Å². The van der Waals surface area contributed by atoms with Crippen LogP contribution in [0.4, 0.5) is 0 Å². The molecular formula is C10H17NO2. The molecule has 1 aliphatic heterocycles. The van der Waals surface area contributed by atoms with Crippen molar-refractivity contribution in [1.29, 1.82) is 0 Å². The van der Waals surface area contributed by atoms with Gasteiger partial charge in [-0.25, -0.2) is 0 Å². The fourth-order valence-electron chi connectivity index (χ4n) is 1.96. The lowest BCUT2D eigenvalue weighted by molar-refractivity contribution is -0.142. The molecule has 1 rings (SSSR count). The Kier molecular flexibility index (Phi) is 3.48. The average Bonchev–Trinajstić information content (AvgIpc) is 2.48. The van der Waals surface area contributed by atoms with Crippen molar-refractivity contribution in [2.24, 2.45) is 5.92 Å². The second kappa shape index (κ2) is 4.42.